The van der Waals surface area contributed by atoms with E-state index in [9.17, 15) is 18.0 Å². The molecule has 0 fully saturated rings. The van der Waals surface area contributed by atoms with E-state index >= 15 is 0 Å². The van der Waals surface area contributed by atoms with Gasteiger partial charge in [-0.05, 0) is 36.1 Å². The molecule has 2 aromatic heterocycles. The van der Waals surface area contributed by atoms with E-state index in [2.05, 4.69) is 9.97 Å². The average molecular weight is 411 g/mol. The first-order valence-electron chi connectivity index (χ1n) is 8.23. The summed E-state index contributed by atoms with van der Waals surface area (Å²) in [4.78, 5) is 21.7. The molecule has 0 radical (unpaired) electrons. The quantitative estimate of drug-likeness (QED) is 0.454. The molecule has 0 N–H and O–H groups in total. The number of benzene rings is 1. The van der Waals surface area contributed by atoms with Gasteiger partial charge in [0.05, 0.1) is 18.2 Å². The van der Waals surface area contributed by atoms with E-state index in [4.69, 9.17) is 9.47 Å². The largest absolute Gasteiger partial charge is 0.484 e. The van der Waals surface area contributed by atoms with Crippen molar-refractivity contribution in [2.45, 2.75) is 18.3 Å². The minimum absolute atomic E-state index is 0.0546. The summed E-state index contributed by atoms with van der Waals surface area (Å²) in [6.45, 7) is 0.534. The van der Waals surface area contributed by atoms with E-state index in [0.29, 0.717) is 27.9 Å². The molecule has 0 atom stereocenters. The maximum absolute atomic E-state index is 13.0. The van der Waals surface area contributed by atoms with Crippen LogP contribution >= 0.6 is 11.8 Å². The van der Waals surface area contributed by atoms with Gasteiger partial charge in [0.15, 0.2) is 17.4 Å². The summed E-state index contributed by atoms with van der Waals surface area (Å²) < 4.78 is 48.0. The van der Waals surface area contributed by atoms with Gasteiger partial charge in [-0.3, -0.25) is 9.36 Å². The minimum atomic E-state index is -4.42. The molecule has 0 aliphatic rings. The van der Waals surface area contributed by atoms with Crippen LogP contribution < -0.4 is 15.0 Å². The second kappa shape index (κ2) is 8.09. The van der Waals surface area contributed by atoms with Crippen LogP contribution in [-0.4, -0.2) is 40.2 Å². The highest BCUT2D eigenvalue weighted by atomic mass is 32.2. The van der Waals surface area contributed by atoms with E-state index in [0.717, 1.165) is 0 Å². The number of rotatable bonds is 6. The van der Waals surface area contributed by atoms with E-state index in [1.807, 2.05) is 6.92 Å². The van der Waals surface area contributed by atoms with Gasteiger partial charge in [-0.1, -0.05) is 18.7 Å². The molecule has 28 heavy (non-hydrogen) atoms. The fourth-order valence-electron chi connectivity index (χ4n) is 2.46. The maximum atomic E-state index is 13.0. The summed E-state index contributed by atoms with van der Waals surface area (Å²) >= 11 is 1.35. The Hall–Kier alpha value is -2.75. The molecular formula is C18H16F3N3O3S. The van der Waals surface area contributed by atoms with Crippen LogP contribution in [0.3, 0.4) is 0 Å². The van der Waals surface area contributed by atoms with Crippen LogP contribution in [0.25, 0.3) is 16.7 Å². The van der Waals surface area contributed by atoms with Crippen molar-refractivity contribution in [3.63, 3.8) is 0 Å². The molecule has 0 aliphatic carbocycles. The Morgan fingerprint density at radius 2 is 1.82 bits per heavy atom. The molecule has 2 heterocycles. The smallest absolute Gasteiger partial charge is 0.422 e. The standard InChI is InChI=1S/C18H16F3N3O3S/c1-3-28-17-23-15-13(8-9-14(22-15)26-2)16(25)24(17)11-4-6-12(7-5-11)27-10-18(19,20)21/h4-9H,3,10H2,1-2H3. The van der Waals surface area contributed by atoms with Crippen molar-refractivity contribution in [1.29, 1.82) is 0 Å². The van der Waals surface area contributed by atoms with Gasteiger partial charge < -0.3 is 9.47 Å². The van der Waals surface area contributed by atoms with Crippen LogP contribution in [0, 0.1) is 0 Å². The van der Waals surface area contributed by atoms with Crippen LogP contribution in [-0.2, 0) is 0 Å². The lowest BCUT2D eigenvalue weighted by Crippen LogP contribution is -2.22. The Morgan fingerprint density at radius 1 is 1.11 bits per heavy atom. The normalized spacial score (nSPS) is 11.6. The van der Waals surface area contributed by atoms with Crippen LogP contribution in [0.1, 0.15) is 6.92 Å². The van der Waals surface area contributed by atoms with Crippen molar-refractivity contribution in [2.24, 2.45) is 0 Å². The molecule has 0 amide bonds. The molecule has 3 rings (SSSR count). The number of aromatic nitrogens is 3. The van der Waals surface area contributed by atoms with Gasteiger partial charge in [0.25, 0.3) is 5.56 Å². The molecule has 0 unspecified atom stereocenters. The summed E-state index contributed by atoms with van der Waals surface area (Å²) in [6, 6.07) is 8.92. The van der Waals surface area contributed by atoms with Crippen LogP contribution in [0.4, 0.5) is 13.2 Å². The molecule has 148 valence electrons. The summed E-state index contributed by atoms with van der Waals surface area (Å²) in [6.07, 6.45) is -4.42. The molecule has 0 spiro atoms. The predicted octanol–water partition coefficient (Wildman–Crippen LogP) is 3.84. The maximum Gasteiger partial charge on any atom is 0.422 e. The Bertz CT molecular complexity index is 1040. The molecular weight excluding hydrogens is 395 g/mol. The lowest BCUT2D eigenvalue weighted by molar-refractivity contribution is -0.153. The van der Waals surface area contributed by atoms with Gasteiger partial charge in [0.1, 0.15) is 5.75 Å². The van der Waals surface area contributed by atoms with Gasteiger partial charge in [0.2, 0.25) is 5.88 Å². The fraction of sp³-hybridized carbons (Fsp3) is 0.278. The average Bonchev–Trinajstić information content (AvgIpc) is 2.66. The zero-order valence-corrected chi connectivity index (χ0v) is 15.8. The van der Waals surface area contributed by atoms with Crippen molar-refractivity contribution < 1.29 is 22.6 Å². The number of alkyl halides is 3. The first-order valence-corrected chi connectivity index (χ1v) is 9.21. The van der Waals surface area contributed by atoms with Crippen LogP contribution in [0.5, 0.6) is 11.6 Å². The van der Waals surface area contributed by atoms with Gasteiger partial charge in [-0.2, -0.15) is 18.2 Å². The topological polar surface area (TPSA) is 66.2 Å². The summed E-state index contributed by atoms with van der Waals surface area (Å²) in [5.41, 5.74) is 0.396. The van der Waals surface area contributed by atoms with Crippen molar-refractivity contribution in [1.82, 2.24) is 14.5 Å². The lowest BCUT2D eigenvalue weighted by atomic mass is 10.3. The number of hydrogen-bond donors (Lipinski definition) is 0. The monoisotopic (exact) mass is 411 g/mol. The summed E-state index contributed by atoms with van der Waals surface area (Å²) in [7, 11) is 1.47. The Morgan fingerprint density at radius 3 is 2.43 bits per heavy atom. The SMILES string of the molecule is CCSc1nc2nc(OC)ccc2c(=O)n1-c1ccc(OCC(F)(F)F)cc1. The van der Waals surface area contributed by atoms with Crippen molar-refractivity contribution >= 4 is 22.8 Å². The molecule has 10 heteroatoms. The molecule has 0 saturated heterocycles. The number of nitrogens with zero attached hydrogens (tertiary/aromatic N) is 3. The highest BCUT2D eigenvalue weighted by Gasteiger charge is 2.28. The Kier molecular flexibility index (Phi) is 5.78. The van der Waals surface area contributed by atoms with Crippen molar-refractivity contribution in [3.8, 4) is 17.3 Å². The second-order valence-corrected chi connectivity index (χ2v) is 6.82. The highest BCUT2D eigenvalue weighted by molar-refractivity contribution is 7.99. The number of pyridine rings is 1. The van der Waals surface area contributed by atoms with Crippen molar-refractivity contribution in [2.75, 3.05) is 19.5 Å². The second-order valence-electron chi connectivity index (χ2n) is 5.59. The first kappa shape index (κ1) is 20.0. The minimum Gasteiger partial charge on any atom is -0.484 e. The molecule has 1 aromatic carbocycles. The number of methoxy groups -OCH3 is 1. The van der Waals surface area contributed by atoms with E-state index in [1.54, 1.807) is 12.1 Å². The van der Waals surface area contributed by atoms with E-state index < -0.39 is 12.8 Å². The number of ether oxygens (including phenoxy) is 2. The first-order chi connectivity index (χ1) is 13.3. The fourth-order valence-corrected chi connectivity index (χ4v) is 3.18. The molecule has 0 aliphatic heterocycles. The van der Waals surface area contributed by atoms with Crippen LogP contribution in [0.15, 0.2) is 46.3 Å². The third kappa shape index (κ3) is 4.38. The third-order valence-corrected chi connectivity index (χ3v) is 4.48. The van der Waals surface area contributed by atoms with E-state index in [-0.39, 0.29) is 17.0 Å². The molecule has 6 nitrogen and oxygen atoms in total. The lowest BCUT2D eigenvalue weighted by Gasteiger charge is -2.14. The zero-order chi connectivity index (χ0) is 20.3. The van der Waals surface area contributed by atoms with Crippen LogP contribution in [0.2, 0.25) is 0 Å². The molecule has 0 saturated carbocycles. The molecule has 3 aromatic rings. The predicted molar refractivity (Wildman–Crippen MR) is 99.6 cm³/mol. The van der Waals surface area contributed by atoms with Gasteiger partial charge in [0, 0.05) is 6.07 Å². The summed E-state index contributed by atoms with van der Waals surface area (Å²) in [5.74, 6) is 1.06. The van der Waals surface area contributed by atoms with Gasteiger partial charge >= 0.3 is 6.18 Å². The van der Waals surface area contributed by atoms with E-state index in [1.165, 1.54) is 47.7 Å². The number of fused-ring (bicyclic) bond motifs is 1. The zero-order valence-electron chi connectivity index (χ0n) is 15.0. The van der Waals surface area contributed by atoms with Gasteiger partial charge in [-0.15, -0.1) is 0 Å². The highest BCUT2D eigenvalue weighted by Crippen LogP contribution is 2.24. The third-order valence-electron chi connectivity index (χ3n) is 3.66. The van der Waals surface area contributed by atoms with Gasteiger partial charge in [-0.25, -0.2) is 4.98 Å². The number of hydrogen-bond acceptors (Lipinski definition) is 6. The number of thioether (sulfide) groups is 1. The Balaban J connectivity index is 2.04. The van der Waals surface area contributed by atoms with Crippen molar-refractivity contribution in [3.05, 3.63) is 46.8 Å². The number of halogens is 3. The Labute approximate surface area is 162 Å². The summed E-state index contributed by atoms with van der Waals surface area (Å²) in [5, 5.41) is 0.725. The molecule has 0 bridgehead atoms.